The summed E-state index contributed by atoms with van der Waals surface area (Å²) in [6.45, 7) is 9.33. The predicted octanol–water partition coefficient (Wildman–Crippen LogP) is 5.48. The fourth-order valence-corrected chi connectivity index (χ4v) is 5.33. The van der Waals surface area contributed by atoms with Crippen LogP contribution in [0.3, 0.4) is 0 Å². The molecule has 1 N–H and O–H groups in total. The maximum Gasteiger partial charge on any atom is 0.0649 e. The van der Waals surface area contributed by atoms with E-state index in [1.165, 1.54) is 29.9 Å². The summed E-state index contributed by atoms with van der Waals surface area (Å²) < 4.78 is 1.53. The summed E-state index contributed by atoms with van der Waals surface area (Å²) in [6.07, 6.45) is 5.27. The van der Waals surface area contributed by atoms with Gasteiger partial charge in [0, 0.05) is 17.3 Å². The molecule has 0 amide bonds. The normalized spacial score (nSPS) is 24.5. The summed E-state index contributed by atoms with van der Waals surface area (Å²) in [7, 11) is 0. The predicted molar refractivity (Wildman–Crippen MR) is 88.3 cm³/mol. The van der Waals surface area contributed by atoms with Gasteiger partial charge in [0.05, 0.1) is 4.21 Å². The molecule has 1 aliphatic heterocycles. The maximum absolute atomic E-state index is 3.86. The Bertz CT molecular complexity index is 386. The molecular formula is C16H27NS2. The Balaban J connectivity index is 1.86. The zero-order chi connectivity index (χ0) is 13.8. The zero-order valence-corrected chi connectivity index (χ0v) is 14.2. The average Bonchev–Trinajstić information content (AvgIpc) is 2.76. The first kappa shape index (κ1) is 15.4. The number of nitrogens with one attached hydrogen (secondary N) is 1. The van der Waals surface area contributed by atoms with Crippen LogP contribution in [-0.2, 0) is 0 Å². The van der Waals surface area contributed by atoms with Gasteiger partial charge in [-0.05, 0) is 42.7 Å². The van der Waals surface area contributed by atoms with Gasteiger partial charge in [-0.15, -0.1) is 23.1 Å². The van der Waals surface area contributed by atoms with Gasteiger partial charge in [0.15, 0.2) is 0 Å². The highest BCUT2D eigenvalue weighted by atomic mass is 32.2. The number of thioether (sulfide) groups is 1. The van der Waals surface area contributed by atoms with Crippen molar-refractivity contribution in [3.05, 3.63) is 17.0 Å². The van der Waals surface area contributed by atoms with E-state index >= 15 is 0 Å². The topological polar surface area (TPSA) is 12.0 Å². The number of hydrogen-bond acceptors (Lipinski definition) is 3. The van der Waals surface area contributed by atoms with Crippen LogP contribution in [0.15, 0.2) is 15.7 Å². The maximum atomic E-state index is 3.86. The molecule has 1 aromatic heterocycles. The molecule has 0 fully saturated rings. The van der Waals surface area contributed by atoms with Crippen LogP contribution in [0.25, 0.3) is 0 Å². The lowest BCUT2D eigenvalue weighted by Crippen LogP contribution is -2.33. The molecule has 1 aromatic rings. The number of thiophene rings is 1. The fourth-order valence-electron chi connectivity index (χ4n) is 2.77. The van der Waals surface area contributed by atoms with E-state index in [-0.39, 0.29) is 0 Å². The van der Waals surface area contributed by atoms with Gasteiger partial charge in [0.2, 0.25) is 0 Å². The molecule has 2 heterocycles. The van der Waals surface area contributed by atoms with Crippen molar-refractivity contribution in [1.29, 1.82) is 0 Å². The van der Waals surface area contributed by atoms with E-state index in [2.05, 4.69) is 44.5 Å². The molecule has 0 aromatic carbocycles. The van der Waals surface area contributed by atoms with Crippen molar-refractivity contribution in [2.45, 2.75) is 74.9 Å². The van der Waals surface area contributed by atoms with Gasteiger partial charge in [-0.3, -0.25) is 0 Å². The van der Waals surface area contributed by atoms with Crippen molar-refractivity contribution in [2.24, 2.45) is 5.92 Å². The minimum Gasteiger partial charge on any atom is -0.307 e. The molecule has 1 aliphatic rings. The quantitative estimate of drug-likeness (QED) is 0.746. The second kappa shape index (κ2) is 7.14. The Labute approximate surface area is 126 Å². The molecule has 3 heteroatoms. The van der Waals surface area contributed by atoms with Crippen LogP contribution < -0.4 is 5.32 Å². The van der Waals surface area contributed by atoms with Crippen LogP contribution in [0.4, 0.5) is 0 Å². The van der Waals surface area contributed by atoms with Gasteiger partial charge >= 0.3 is 0 Å². The molecule has 0 saturated carbocycles. The van der Waals surface area contributed by atoms with Crippen molar-refractivity contribution in [1.82, 2.24) is 5.32 Å². The third-order valence-electron chi connectivity index (χ3n) is 3.81. The molecule has 2 rings (SSSR count). The van der Waals surface area contributed by atoms with Gasteiger partial charge in [-0.25, -0.2) is 0 Å². The zero-order valence-electron chi connectivity index (χ0n) is 12.6. The molecular weight excluding hydrogens is 270 g/mol. The summed E-state index contributed by atoms with van der Waals surface area (Å²) in [6, 6.07) is 3.52. The molecule has 0 bridgehead atoms. The number of fused-ring (bicyclic) bond motifs is 1. The van der Waals surface area contributed by atoms with Gasteiger partial charge < -0.3 is 5.32 Å². The molecule has 0 radical (unpaired) electrons. The van der Waals surface area contributed by atoms with Crippen molar-refractivity contribution in [3.63, 3.8) is 0 Å². The minimum absolute atomic E-state index is 0.576. The summed E-state index contributed by atoms with van der Waals surface area (Å²) in [5, 5.41) is 6.84. The first-order chi connectivity index (χ1) is 9.06. The highest BCUT2D eigenvalue weighted by Crippen LogP contribution is 2.43. The summed E-state index contributed by atoms with van der Waals surface area (Å²) >= 11 is 3.95. The second-order valence-electron chi connectivity index (χ2n) is 6.27. The van der Waals surface area contributed by atoms with Crippen LogP contribution in [0.2, 0.25) is 0 Å². The van der Waals surface area contributed by atoms with E-state index in [1.54, 1.807) is 5.56 Å². The van der Waals surface area contributed by atoms with E-state index in [1.807, 2.05) is 23.1 Å². The van der Waals surface area contributed by atoms with E-state index in [4.69, 9.17) is 0 Å². The van der Waals surface area contributed by atoms with Gasteiger partial charge in [-0.1, -0.05) is 33.6 Å². The summed E-state index contributed by atoms with van der Waals surface area (Å²) in [5.74, 6) is 0.835. The Morgan fingerprint density at radius 2 is 2.11 bits per heavy atom. The Morgan fingerprint density at radius 3 is 2.84 bits per heavy atom. The van der Waals surface area contributed by atoms with E-state index < -0.39 is 0 Å². The molecule has 0 spiro atoms. The lowest BCUT2D eigenvalue weighted by molar-refractivity contribution is 0.392. The monoisotopic (exact) mass is 297 g/mol. The standard InChI is InChI=1S/C16H27NS2/c1-11(2)6-5-7-12(3)17-15-10-13(4)19-16-14(15)8-9-18-16/h8-9,11-13,15,17H,5-7,10H2,1-4H3/t12?,13-,15?/m0/s1. The summed E-state index contributed by atoms with van der Waals surface area (Å²) in [4.78, 5) is 0. The van der Waals surface area contributed by atoms with Crippen molar-refractivity contribution >= 4 is 23.1 Å². The molecule has 2 unspecified atom stereocenters. The van der Waals surface area contributed by atoms with E-state index in [0.717, 1.165) is 11.2 Å². The minimum atomic E-state index is 0.576. The SMILES string of the molecule is CC(C)CCCC(C)NC1C[C@H](C)Sc2sccc21. The number of rotatable bonds is 6. The summed E-state index contributed by atoms with van der Waals surface area (Å²) in [5.41, 5.74) is 1.55. The first-order valence-corrected chi connectivity index (χ1v) is 9.32. The average molecular weight is 298 g/mol. The fraction of sp³-hybridized carbons (Fsp3) is 0.750. The Hall–Kier alpha value is 0.0100. The Morgan fingerprint density at radius 1 is 1.32 bits per heavy atom. The molecule has 1 nitrogen and oxygen atoms in total. The van der Waals surface area contributed by atoms with Gasteiger partial charge in [0.25, 0.3) is 0 Å². The highest BCUT2D eigenvalue weighted by molar-refractivity contribution is 8.01. The van der Waals surface area contributed by atoms with E-state index in [0.29, 0.717) is 12.1 Å². The van der Waals surface area contributed by atoms with E-state index in [9.17, 15) is 0 Å². The lowest BCUT2D eigenvalue weighted by Gasteiger charge is -2.30. The molecule has 108 valence electrons. The van der Waals surface area contributed by atoms with Crippen LogP contribution in [-0.4, -0.2) is 11.3 Å². The van der Waals surface area contributed by atoms with Crippen LogP contribution in [0.5, 0.6) is 0 Å². The van der Waals surface area contributed by atoms with Crippen molar-refractivity contribution < 1.29 is 0 Å². The molecule has 19 heavy (non-hydrogen) atoms. The lowest BCUT2D eigenvalue weighted by atomic mass is 10.0. The largest absolute Gasteiger partial charge is 0.307 e. The molecule has 3 atom stereocenters. The third kappa shape index (κ3) is 4.51. The van der Waals surface area contributed by atoms with Gasteiger partial charge in [0.1, 0.15) is 0 Å². The first-order valence-electron chi connectivity index (χ1n) is 7.56. The van der Waals surface area contributed by atoms with Crippen LogP contribution in [0, 0.1) is 5.92 Å². The third-order valence-corrected chi connectivity index (χ3v) is 6.16. The Kier molecular flexibility index (Phi) is 5.79. The molecule has 0 saturated heterocycles. The van der Waals surface area contributed by atoms with Crippen molar-refractivity contribution in [3.8, 4) is 0 Å². The highest BCUT2D eigenvalue weighted by Gasteiger charge is 2.26. The van der Waals surface area contributed by atoms with Gasteiger partial charge in [-0.2, -0.15) is 0 Å². The van der Waals surface area contributed by atoms with Crippen LogP contribution >= 0.6 is 23.1 Å². The number of hydrogen-bond donors (Lipinski definition) is 1. The van der Waals surface area contributed by atoms with Crippen molar-refractivity contribution in [2.75, 3.05) is 0 Å². The molecule has 0 aliphatic carbocycles. The smallest absolute Gasteiger partial charge is 0.0649 e. The second-order valence-corrected chi connectivity index (χ2v) is 8.90. The van der Waals surface area contributed by atoms with Crippen LogP contribution in [0.1, 0.15) is 65.0 Å².